The van der Waals surface area contributed by atoms with Gasteiger partial charge in [-0.3, -0.25) is 0 Å². The number of hydrogen-bond acceptors (Lipinski definition) is 4. The van der Waals surface area contributed by atoms with Crippen molar-refractivity contribution in [3.63, 3.8) is 0 Å². The maximum absolute atomic E-state index is 12.6. The van der Waals surface area contributed by atoms with Gasteiger partial charge in [0.1, 0.15) is 14.0 Å². The zero-order valence-corrected chi connectivity index (χ0v) is 25.7. The van der Waals surface area contributed by atoms with Gasteiger partial charge in [-0.1, -0.05) is 101 Å². The van der Waals surface area contributed by atoms with Crippen molar-refractivity contribution in [1.29, 1.82) is 0 Å². The second kappa shape index (κ2) is 10.9. The number of aliphatic hydroxyl groups excluding tert-OH is 1. The molecule has 2 aromatic rings. The van der Waals surface area contributed by atoms with Crippen LogP contribution in [0.3, 0.4) is 0 Å². The molecule has 4 atom stereocenters. The molecular formula is C30H45BO4Si2. The highest BCUT2D eigenvalue weighted by Gasteiger charge is 2.57. The molecule has 200 valence electrons. The normalized spacial score (nSPS) is 25.3. The van der Waals surface area contributed by atoms with Gasteiger partial charge in [0.25, 0.3) is 8.32 Å². The smallest absolute Gasteiger partial charge is 0.258 e. The van der Waals surface area contributed by atoms with E-state index in [1.54, 1.807) is 0 Å². The number of ether oxygens (including phenoxy) is 1. The SMILES string of the molecule is [B][C@@H]1O[C@](CC=C)(CCC(C)(C)[Si](O)(c2ccccc2)c2ccccc2)[C@@H](O[Si](C)(C)C(C)(C)C)[C@H]1O. The van der Waals surface area contributed by atoms with Crippen LogP contribution in [-0.2, 0) is 9.16 Å². The Kier molecular flexibility index (Phi) is 8.90. The minimum atomic E-state index is -3.20. The van der Waals surface area contributed by atoms with Gasteiger partial charge in [-0.25, -0.2) is 0 Å². The second-order valence-electron chi connectivity index (χ2n) is 12.8. The Morgan fingerprint density at radius 1 is 1.00 bits per heavy atom. The van der Waals surface area contributed by atoms with Crippen molar-refractivity contribution in [2.24, 2.45) is 0 Å². The van der Waals surface area contributed by atoms with E-state index in [0.29, 0.717) is 19.3 Å². The van der Waals surface area contributed by atoms with Crippen LogP contribution in [0.2, 0.25) is 23.2 Å². The molecule has 7 heteroatoms. The largest absolute Gasteiger partial charge is 0.424 e. The molecule has 1 saturated heterocycles. The summed E-state index contributed by atoms with van der Waals surface area (Å²) in [5, 5.41) is 12.6. The van der Waals surface area contributed by atoms with E-state index >= 15 is 0 Å². The third-order valence-electron chi connectivity index (χ3n) is 8.79. The van der Waals surface area contributed by atoms with Crippen molar-refractivity contribution >= 4 is 34.9 Å². The molecule has 0 spiro atoms. The lowest BCUT2D eigenvalue weighted by Crippen LogP contribution is -2.65. The summed E-state index contributed by atoms with van der Waals surface area (Å²) in [7, 11) is 0.854. The van der Waals surface area contributed by atoms with E-state index in [0.717, 1.165) is 10.4 Å². The van der Waals surface area contributed by atoms with Crippen LogP contribution in [0.15, 0.2) is 73.3 Å². The Hall–Kier alpha value is -1.48. The number of rotatable bonds is 10. The third kappa shape index (κ3) is 5.77. The van der Waals surface area contributed by atoms with Crippen LogP contribution < -0.4 is 10.4 Å². The zero-order valence-electron chi connectivity index (χ0n) is 23.7. The monoisotopic (exact) mass is 536 g/mol. The first-order valence-electron chi connectivity index (χ1n) is 13.3. The van der Waals surface area contributed by atoms with Crippen LogP contribution in [0.5, 0.6) is 0 Å². The number of hydrogen-bond donors (Lipinski definition) is 2. The Bertz CT molecular complexity index is 999. The molecular weight excluding hydrogens is 491 g/mol. The van der Waals surface area contributed by atoms with Crippen molar-refractivity contribution in [1.82, 2.24) is 0 Å². The lowest BCUT2D eigenvalue weighted by molar-refractivity contribution is -0.0698. The summed E-state index contributed by atoms with van der Waals surface area (Å²) in [6, 6.07) is 19.2. The molecule has 2 N–H and O–H groups in total. The maximum atomic E-state index is 12.6. The van der Waals surface area contributed by atoms with E-state index in [9.17, 15) is 9.90 Å². The third-order valence-corrected chi connectivity index (χ3v) is 17.8. The predicted octanol–water partition coefficient (Wildman–Crippen LogP) is 4.89. The molecule has 2 radical (unpaired) electrons. The molecule has 0 bridgehead atoms. The van der Waals surface area contributed by atoms with Crippen molar-refractivity contribution in [3.8, 4) is 0 Å². The Labute approximate surface area is 227 Å². The average Bonchev–Trinajstić information content (AvgIpc) is 3.07. The van der Waals surface area contributed by atoms with Gasteiger partial charge in [0.2, 0.25) is 0 Å². The van der Waals surface area contributed by atoms with Gasteiger partial charge in [0, 0.05) is 6.00 Å². The van der Waals surface area contributed by atoms with Crippen molar-refractivity contribution in [3.05, 3.63) is 73.3 Å². The molecule has 0 unspecified atom stereocenters. The van der Waals surface area contributed by atoms with Crippen LogP contribution >= 0.6 is 0 Å². The van der Waals surface area contributed by atoms with Crippen molar-refractivity contribution < 1.29 is 19.1 Å². The van der Waals surface area contributed by atoms with Crippen LogP contribution in [0, 0.1) is 0 Å². The van der Waals surface area contributed by atoms with Gasteiger partial charge in [-0.2, -0.15) is 0 Å². The molecule has 1 aliphatic rings. The summed E-state index contributed by atoms with van der Waals surface area (Å²) in [6.07, 6.45) is 2.06. The molecule has 2 aromatic carbocycles. The van der Waals surface area contributed by atoms with Crippen LogP contribution in [0.25, 0.3) is 0 Å². The molecule has 1 heterocycles. The quantitative estimate of drug-likeness (QED) is 0.335. The highest BCUT2D eigenvalue weighted by atomic mass is 28.4. The van der Waals surface area contributed by atoms with Crippen molar-refractivity contribution in [2.75, 3.05) is 0 Å². The summed E-state index contributed by atoms with van der Waals surface area (Å²) in [5.74, 6) is 0. The topological polar surface area (TPSA) is 58.9 Å². The van der Waals surface area contributed by atoms with Crippen LogP contribution in [-0.4, -0.2) is 58.2 Å². The number of benzene rings is 2. The molecule has 3 rings (SSSR count). The van der Waals surface area contributed by atoms with Gasteiger partial charge in [-0.15, -0.1) is 6.58 Å². The molecule has 0 amide bonds. The Balaban J connectivity index is 2.01. The highest BCUT2D eigenvalue weighted by Crippen LogP contribution is 2.48. The van der Waals surface area contributed by atoms with Gasteiger partial charge in [-0.05, 0) is 52.8 Å². The van der Waals surface area contributed by atoms with Crippen LogP contribution in [0.1, 0.15) is 53.9 Å². The summed E-state index contributed by atoms with van der Waals surface area (Å²) >= 11 is 0. The molecule has 0 saturated carbocycles. The van der Waals surface area contributed by atoms with Gasteiger partial charge in [0.15, 0.2) is 8.32 Å². The molecule has 0 aromatic heterocycles. The lowest BCUT2D eigenvalue weighted by atomic mass is 9.83. The van der Waals surface area contributed by atoms with Gasteiger partial charge >= 0.3 is 0 Å². The fraction of sp³-hybridized carbons (Fsp3) is 0.533. The number of aliphatic hydroxyl groups is 1. The first-order valence-corrected chi connectivity index (χ1v) is 18.2. The second-order valence-corrected chi connectivity index (χ2v) is 21.4. The van der Waals surface area contributed by atoms with Gasteiger partial charge < -0.3 is 19.1 Å². The summed E-state index contributed by atoms with van der Waals surface area (Å²) in [5.41, 5.74) is -0.823. The van der Waals surface area contributed by atoms with E-state index in [1.165, 1.54) is 0 Å². The minimum Gasteiger partial charge on any atom is -0.424 e. The van der Waals surface area contributed by atoms with Crippen molar-refractivity contribution in [2.45, 2.75) is 101 Å². The fourth-order valence-electron chi connectivity index (χ4n) is 5.29. The molecule has 37 heavy (non-hydrogen) atoms. The molecule has 0 aliphatic carbocycles. The highest BCUT2D eigenvalue weighted by molar-refractivity contribution is 6.98. The zero-order chi connectivity index (χ0) is 27.7. The Morgan fingerprint density at radius 2 is 1.49 bits per heavy atom. The minimum absolute atomic E-state index is 0.0353. The summed E-state index contributed by atoms with van der Waals surface area (Å²) < 4.78 is 13.2. The maximum Gasteiger partial charge on any atom is 0.258 e. The van der Waals surface area contributed by atoms with Gasteiger partial charge in [0.05, 0.1) is 11.7 Å². The fourth-order valence-corrected chi connectivity index (χ4v) is 10.4. The average molecular weight is 537 g/mol. The first kappa shape index (κ1) is 30.1. The van der Waals surface area contributed by atoms with Crippen LogP contribution in [0.4, 0.5) is 0 Å². The standard InChI is InChI=1S/C30H45BO4Si2/c1-9-20-30(26(25(32)27(31)34-30)35-36(7,8)28(2,3)4)22-21-29(5,6)37(33,23-16-12-10-13-17-23)24-18-14-11-15-19-24/h9-19,25-27,32-33H,1,20-22H2,2-8H3/t25-,26+,27-,30-/m1/s1. The summed E-state index contributed by atoms with van der Waals surface area (Å²) in [4.78, 5) is 12.6. The molecule has 4 nitrogen and oxygen atoms in total. The lowest BCUT2D eigenvalue weighted by Gasteiger charge is -2.46. The first-order chi connectivity index (χ1) is 17.1. The Morgan fingerprint density at radius 3 is 1.92 bits per heavy atom. The van der Waals surface area contributed by atoms with E-state index in [2.05, 4.69) is 54.3 Å². The summed E-state index contributed by atoms with van der Waals surface area (Å²) in [6.45, 7) is 19.2. The van der Waals surface area contributed by atoms with E-state index in [-0.39, 0.29) is 5.04 Å². The van der Waals surface area contributed by atoms with E-state index in [1.807, 2.05) is 66.7 Å². The van der Waals surface area contributed by atoms with E-state index < -0.39 is 45.5 Å². The molecule has 1 fully saturated rings. The predicted molar refractivity (Wildman–Crippen MR) is 160 cm³/mol. The van der Waals surface area contributed by atoms with E-state index in [4.69, 9.17) is 17.0 Å². The molecule has 1 aliphatic heterocycles.